The van der Waals surface area contributed by atoms with Gasteiger partial charge in [-0.3, -0.25) is 0 Å². The number of esters is 1. The van der Waals surface area contributed by atoms with Gasteiger partial charge in [0.25, 0.3) is 0 Å². The van der Waals surface area contributed by atoms with Crippen LogP contribution in [0.2, 0.25) is 0 Å². The van der Waals surface area contributed by atoms with Crippen molar-refractivity contribution in [2.24, 2.45) is 0 Å². The summed E-state index contributed by atoms with van der Waals surface area (Å²) in [7, 11) is 1.31. The summed E-state index contributed by atoms with van der Waals surface area (Å²) in [4.78, 5) is 13.1. The molecule has 0 amide bonds. The maximum Gasteiger partial charge on any atom is 0.358 e. The summed E-state index contributed by atoms with van der Waals surface area (Å²) in [6.45, 7) is 8.61. The van der Waals surface area contributed by atoms with E-state index < -0.39 is 5.97 Å². The van der Waals surface area contributed by atoms with E-state index in [4.69, 9.17) is 0 Å². The van der Waals surface area contributed by atoms with E-state index >= 15 is 0 Å². The van der Waals surface area contributed by atoms with E-state index in [-0.39, 0.29) is 5.69 Å². The quantitative estimate of drug-likeness (QED) is 0.549. The van der Waals surface area contributed by atoms with Crippen molar-refractivity contribution in [3.63, 3.8) is 0 Å². The zero-order valence-electron chi connectivity index (χ0n) is 9.80. The average molecular weight is 233 g/mol. The Morgan fingerprint density at radius 3 is 2.41 bits per heavy atom. The van der Waals surface area contributed by atoms with Gasteiger partial charge in [0.05, 0.1) is 7.11 Å². The fourth-order valence-electron chi connectivity index (χ4n) is 1.28. The molecule has 0 aliphatic rings. The van der Waals surface area contributed by atoms with Crippen molar-refractivity contribution >= 4 is 11.8 Å². The van der Waals surface area contributed by atoms with Crippen LogP contribution in [0.25, 0.3) is 0 Å². The van der Waals surface area contributed by atoms with Crippen molar-refractivity contribution in [3.05, 3.63) is 43.1 Å². The maximum atomic E-state index is 11.2. The Kier molecular flexibility index (Phi) is 4.87. The van der Waals surface area contributed by atoms with E-state index in [1.807, 2.05) is 4.90 Å². The molecule has 0 fully saturated rings. The highest BCUT2D eigenvalue weighted by Gasteiger charge is 2.10. The van der Waals surface area contributed by atoms with Crippen molar-refractivity contribution in [1.29, 1.82) is 0 Å². The lowest BCUT2D eigenvalue weighted by Crippen LogP contribution is -2.24. The molecular formula is C12H15N3O2. The van der Waals surface area contributed by atoms with Crippen LogP contribution < -0.4 is 4.90 Å². The Hall–Kier alpha value is -2.17. The Labute approximate surface area is 100 Å². The lowest BCUT2D eigenvalue weighted by Gasteiger charge is -2.19. The van der Waals surface area contributed by atoms with Crippen LogP contribution in [0.1, 0.15) is 10.5 Å². The van der Waals surface area contributed by atoms with Gasteiger partial charge in [-0.05, 0) is 12.1 Å². The van der Waals surface area contributed by atoms with Crippen LogP contribution in [0, 0.1) is 0 Å². The number of carbonyl (C=O) groups excluding carboxylic acids is 1. The first-order chi connectivity index (χ1) is 8.22. The molecule has 5 heteroatoms. The van der Waals surface area contributed by atoms with Gasteiger partial charge < -0.3 is 9.64 Å². The van der Waals surface area contributed by atoms with Crippen molar-refractivity contribution in [3.8, 4) is 0 Å². The summed E-state index contributed by atoms with van der Waals surface area (Å²) in [6, 6.07) is 3.29. The smallest absolute Gasteiger partial charge is 0.358 e. The number of carbonyl (C=O) groups is 1. The minimum absolute atomic E-state index is 0.188. The van der Waals surface area contributed by atoms with Gasteiger partial charge in [-0.25, -0.2) is 4.79 Å². The Balaban J connectivity index is 2.86. The summed E-state index contributed by atoms with van der Waals surface area (Å²) in [6.07, 6.45) is 3.53. The largest absolute Gasteiger partial charge is 0.464 e. The van der Waals surface area contributed by atoms with Crippen molar-refractivity contribution in [2.75, 3.05) is 25.1 Å². The van der Waals surface area contributed by atoms with Gasteiger partial charge in [0, 0.05) is 13.1 Å². The molecule has 0 bridgehead atoms. The van der Waals surface area contributed by atoms with E-state index in [0.717, 1.165) is 0 Å². The summed E-state index contributed by atoms with van der Waals surface area (Å²) in [5.74, 6) is 0.167. The molecule has 1 aromatic heterocycles. The number of aromatic nitrogens is 2. The van der Waals surface area contributed by atoms with Gasteiger partial charge in [0.2, 0.25) is 0 Å². The lowest BCUT2D eigenvalue weighted by molar-refractivity contribution is 0.0592. The molecule has 0 aromatic carbocycles. The molecule has 0 N–H and O–H groups in total. The molecule has 0 aliphatic heterocycles. The van der Waals surface area contributed by atoms with E-state index in [2.05, 4.69) is 28.1 Å². The molecule has 0 radical (unpaired) electrons. The molecule has 0 unspecified atom stereocenters. The molecule has 1 heterocycles. The SMILES string of the molecule is C=CCN(CC=C)c1ccc(C(=O)OC)nn1. The molecule has 1 aromatic rings. The Bertz CT molecular complexity index is 391. The molecule has 0 saturated carbocycles. The second-order valence-electron chi connectivity index (χ2n) is 3.25. The van der Waals surface area contributed by atoms with Crippen molar-refractivity contribution < 1.29 is 9.53 Å². The molecular weight excluding hydrogens is 218 g/mol. The van der Waals surface area contributed by atoms with Gasteiger partial charge >= 0.3 is 5.97 Å². The first-order valence-electron chi connectivity index (χ1n) is 5.11. The number of hydrogen-bond donors (Lipinski definition) is 0. The number of anilines is 1. The monoisotopic (exact) mass is 233 g/mol. The summed E-state index contributed by atoms with van der Waals surface area (Å²) in [5.41, 5.74) is 0.188. The van der Waals surface area contributed by atoms with Gasteiger partial charge in [0.15, 0.2) is 11.5 Å². The fraction of sp³-hybridized carbons (Fsp3) is 0.250. The molecule has 90 valence electrons. The third kappa shape index (κ3) is 3.41. The average Bonchev–Trinajstić information content (AvgIpc) is 2.38. The summed E-state index contributed by atoms with van der Waals surface area (Å²) < 4.78 is 4.54. The van der Waals surface area contributed by atoms with E-state index in [0.29, 0.717) is 18.9 Å². The highest BCUT2D eigenvalue weighted by atomic mass is 16.5. The molecule has 0 aliphatic carbocycles. The normalized spacial score (nSPS) is 9.47. The number of methoxy groups -OCH3 is 1. The van der Waals surface area contributed by atoms with Crippen LogP contribution in [0.4, 0.5) is 5.82 Å². The maximum absolute atomic E-state index is 11.2. The fourth-order valence-corrected chi connectivity index (χ4v) is 1.28. The minimum Gasteiger partial charge on any atom is -0.464 e. The number of ether oxygens (including phenoxy) is 1. The number of hydrogen-bond acceptors (Lipinski definition) is 5. The zero-order chi connectivity index (χ0) is 12.7. The van der Waals surface area contributed by atoms with Crippen molar-refractivity contribution in [2.45, 2.75) is 0 Å². The summed E-state index contributed by atoms with van der Waals surface area (Å²) >= 11 is 0. The van der Waals surface area contributed by atoms with Crippen LogP contribution in [0.15, 0.2) is 37.4 Å². The molecule has 0 atom stereocenters. The molecule has 0 saturated heterocycles. The topological polar surface area (TPSA) is 55.3 Å². The number of nitrogens with zero attached hydrogens (tertiary/aromatic N) is 3. The number of rotatable bonds is 6. The molecule has 17 heavy (non-hydrogen) atoms. The lowest BCUT2D eigenvalue weighted by atomic mass is 10.3. The third-order valence-corrected chi connectivity index (χ3v) is 2.07. The van der Waals surface area contributed by atoms with Gasteiger partial charge in [0.1, 0.15) is 0 Å². The predicted octanol–water partition coefficient (Wildman–Crippen LogP) is 1.44. The van der Waals surface area contributed by atoms with Crippen LogP contribution in [-0.4, -0.2) is 36.4 Å². The van der Waals surface area contributed by atoms with Crippen LogP contribution in [0.5, 0.6) is 0 Å². The second-order valence-corrected chi connectivity index (χ2v) is 3.25. The molecule has 5 nitrogen and oxygen atoms in total. The first-order valence-corrected chi connectivity index (χ1v) is 5.11. The van der Waals surface area contributed by atoms with Crippen LogP contribution >= 0.6 is 0 Å². The van der Waals surface area contributed by atoms with E-state index in [1.54, 1.807) is 24.3 Å². The zero-order valence-corrected chi connectivity index (χ0v) is 9.80. The van der Waals surface area contributed by atoms with Gasteiger partial charge in [-0.15, -0.1) is 23.4 Å². The Morgan fingerprint density at radius 1 is 1.35 bits per heavy atom. The third-order valence-electron chi connectivity index (χ3n) is 2.07. The minimum atomic E-state index is -0.497. The molecule has 1 rings (SSSR count). The predicted molar refractivity (Wildman–Crippen MR) is 66.0 cm³/mol. The van der Waals surface area contributed by atoms with Crippen molar-refractivity contribution in [1.82, 2.24) is 10.2 Å². The van der Waals surface area contributed by atoms with E-state index in [9.17, 15) is 4.79 Å². The highest BCUT2D eigenvalue weighted by molar-refractivity contribution is 5.86. The highest BCUT2D eigenvalue weighted by Crippen LogP contribution is 2.09. The first kappa shape index (κ1) is 12.9. The Morgan fingerprint density at radius 2 is 2.00 bits per heavy atom. The standard InChI is InChI=1S/C12H15N3O2/c1-4-8-15(9-5-2)11-7-6-10(13-14-11)12(16)17-3/h4-7H,1-2,8-9H2,3H3. The van der Waals surface area contributed by atoms with Crippen LogP contribution in [0.3, 0.4) is 0 Å². The van der Waals surface area contributed by atoms with Gasteiger partial charge in [-0.1, -0.05) is 12.2 Å². The molecule has 0 spiro atoms. The van der Waals surface area contributed by atoms with E-state index in [1.165, 1.54) is 7.11 Å². The van der Waals surface area contributed by atoms with Crippen LogP contribution in [-0.2, 0) is 4.74 Å². The summed E-state index contributed by atoms with van der Waals surface area (Å²) in [5, 5.41) is 7.76. The van der Waals surface area contributed by atoms with Gasteiger partial charge in [-0.2, -0.15) is 0 Å². The second kappa shape index (κ2) is 6.42.